The molecule has 0 aliphatic heterocycles. The third kappa shape index (κ3) is 12.4. The third-order valence-corrected chi connectivity index (χ3v) is 4.30. The van der Waals surface area contributed by atoms with Gasteiger partial charge >= 0.3 is 0 Å². The van der Waals surface area contributed by atoms with Crippen molar-refractivity contribution in [3.63, 3.8) is 0 Å². The summed E-state index contributed by atoms with van der Waals surface area (Å²) in [6.07, 6.45) is 13.6. The highest BCUT2D eigenvalue weighted by molar-refractivity contribution is 7.78. The van der Waals surface area contributed by atoms with E-state index in [1.807, 2.05) is 0 Å². The lowest BCUT2D eigenvalue weighted by Crippen LogP contribution is -2.29. The predicted octanol–water partition coefficient (Wildman–Crippen LogP) is 4.16. The zero-order valence-electron chi connectivity index (χ0n) is 18.1. The van der Waals surface area contributed by atoms with Crippen molar-refractivity contribution in [3.8, 4) is 0 Å². The van der Waals surface area contributed by atoms with Crippen LogP contribution >= 0.6 is 24.4 Å². The van der Waals surface area contributed by atoms with Gasteiger partial charge in [0.25, 0.3) is 11.6 Å². The summed E-state index contributed by atoms with van der Waals surface area (Å²) in [4.78, 5) is 0. The van der Waals surface area contributed by atoms with Crippen LogP contribution in [0.3, 0.4) is 0 Å². The summed E-state index contributed by atoms with van der Waals surface area (Å²) in [6, 6.07) is 0. The van der Waals surface area contributed by atoms with E-state index < -0.39 is 0 Å². The molecule has 0 saturated carbocycles. The molecule has 0 aliphatic rings. The van der Waals surface area contributed by atoms with Gasteiger partial charge in [0.2, 0.25) is 0 Å². The maximum absolute atomic E-state index is 7.13. The van der Waals surface area contributed by atoms with Crippen LogP contribution in [0.2, 0.25) is 0 Å². The zero-order valence-corrected chi connectivity index (χ0v) is 19.7. The number of imidazole rings is 2. The number of rotatable bonds is 6. The Balaban J connectivity index is 0. The van der Waals surface area contributed by atoms with E-state index in [1.165, 1.54) is 47.7 Å². The van der Waals surface area contributed by atoms with Gasteiger partial charge in [0.05, 0.1) is 27.2 Å². The predicted molar refractivity (Wildman–Crippen MR) is 122 cm³/mol. The average molecular weight is 423 g/mol. The fourth-order valence-corrected chi connectivity index (χ4v) is 2.33. The van der Waals surface area contributed by atoms with Crippen LogP contribution < -0.4 is 9.13 Å². The normalized spacial score (nSPS) is 8.79. The van der Waals surface area contributed by atoms with Crippen LogP contribution in [0.4, 0.5) is 0 Å². The van der Waals surface area contributed by atoms with E-state index in [4.69, 9.17) is 10.8 Å². The van der Waals surface area contributed by atoms with Gasteiger partial charge in [-0.1, -0.05) is 51.1 Å². The Morgan fingerprint density at radius 2 is 1.11 bits per heavy atom. The number of nitrogens with zero attached hydrogens (tertiary/aromatic N) is 6. The molecule has 0 fully saturated rings. The molecule has 2 aromatic heterocycles. The lowest BCUT2D eigenvalue weighted by molar-refractivity contribution is -0.677. The Kier molecular flexibility index (Phi) is 18.5. The van der Waals surface area contributed by atoms with Crippen molar-refractivity contribution in [3.05, 3.63) is 47.3 Å². The summed E-state index contributed by atoms with van der Waals surface area (Å²) in [5, 5.41) is 16.9. The van der Waals surface area contributed by atoms with Gasteiger partial charge < -0.3 is 10.8 Å². The Hall–Kier alpha value is -1.98. The van der Waals surface area contributed by atoms with Gasteiger partial charge in [-0.15, -0.1) is 0 Å². The van der Waals surface area contributed by atoms with Crippen molar-refractivity contribution < 1.29 is 9.13 Å². The summed E-state index contributed by atoms with van der Waals surface area (Å²) < 4.78 is 8.89. The first kappa shape index (κ1) is 28.2. The number of hydrogen-bond donors (Lipinski definition) is 0. The second-order valence-electron chi connectivity index (χ2n) is 6.19. The molecule has 0 spiro atoms. The van der Waals surface area contributed by atoms with Gasteiger partial charge in [-0.2, -0.15) is 10.3 Å². The minimum absolute atomic E-state index is 1.16. The third-order valence-electron chi connectivity index (χ3n) is 4.30. The molecule has 0 unspecified atom stereocenters. The van der Waals surface area contributed by atoms with Crippen LogP contribution in [-0.2, 0) is 27.2 Å². The van der Waals surface area contributed by atoms with Crippen molar-refractivity contribution in [2.45, 2.75) is 66.5 Å². The maximum Gasteiger partial charge on any atom is 0.253 e. The summed E-state index contributed by atoms with van der Waals surface area (Å²) >= 11 is 7.40. The molecule has 0 radical (unpaired) electrons. The second-order valence-corrected chi connectivity index (χ2v) is 6.55. The fourth-order valence-electron chi connectivity index (χ4n) is 2.33. The lowest BCUT2D eigenvalue weighted by Gasteiger charge is -1.95. The van der Waals surface area contributed by atoms with Crippen molar-refractivity contribution >= 4 is 34.8 Å². The van der Waals surface area contributed by atoms with Crippen molar-refractivity contribution in [2.24, 2.45) is 14.1 Å². The highest BCUT2D eigenvalue weighted by atomic mass is 32.1. The summed E-state index contributed by atoms with van der Waals surface area (Å²) in [5.74, 6) is 2.66. The molecule has 156 valence electrons. The van der Waals surface area contributed by atoms with Crippen LogP contribution in [0.1, 0.15) is 51.2 Å². The van der Waals surface area contributed by atoms with Gasteiger partial charge in [-0.05, 0) is 12.8 Å². The van der Waals surface area contributed by atoms with Crippen LogP contribution in [0, 0.1) is 13.8 Å². The van der Waals surface area contributed by atoms with Crippen molar-refractivity contribution in [2.75, 3.05) is 0 Å². The molecule has 0 amide bonds. The Labute approximate surface area is 180 Å². The monoisotopic (exact) mass is 422 g/mol. The molecule has 0 aliphatic carbocycles. The largest absolute Gasteiger partial charge is 0.753 e. The molecule has 6 nitrogen and oxygen atoms in total. The molecule has 28 heavy (non-hydrogen) atoms. The zero-order chi connectivity index (χ0) is 21.9. The first-order valence-electron chi connectivity index (χ1n) is 9.39. The van der Waals surface area contributed by atoms with Gasteiger partial charge in [-0.3, -0.25) is 0 Å². The van der Waals surface area contributed by atoms with E-state index in [1.54, 1.807) is 0 Å². The SMILES string of the molecule is CCCCn1cc[n+](C)c1C.CCCCn1cc[n+](C)c1C.[N-]=C=S.[N-]=C=S. The summed E-state index contributed by atoms with van der Waals surface area (Å²) in [5.41, 5.74) is 0. The quantitative estimate of drug-likeness (QED) is 0.399. The smallest absolute Gasteiger partial charge is 0.253 e. The molecule has 2 rings (SSSR count). The standard InChI is InChI=1S/2C9H17N2.2CNS/c2*1-4-5-6-11-8-7-10(3)9(11)2;2*2-1-3/h2*7-8H,4-6H2,1-3H3;;/q2*+1;2*-1. The van der Waals surface area contributed by atoms with Gasteiger partial charge in [-0.25, -0.2) is 18.3 Å². The van der Waals surface area contributed by atoms with Crippen LogP contribution in [0.5, 0.6) is 0 Å². The van der Waals surface area contributed by atoms with Crippen LogP contribution in [-0.4, -0.2) is 19.5 Å². The average Bonchev–Trinajstić information content (AvgIpc) is 3.16. The molecule has 0 aromatic carbocycles. The highest BCUT2D eigenvalue weighted by Gasteiger charge is 2.07. The molecule has 2 aromatic rings. The maximum atomic E-state index is 7.13. The van der Waals surface area contributed by atoms with E-state index in [-0.39, 0.29) is 0 Å². The fraction of sp³-hybridized carbons (Fsp3) is 0.600. The number of unbranched alkanes of at least 4 members (excludes halogenated alkanes) is 2. The number of hydrogen-bond acceptors (Lipinski definition) is 2. The Morgan fingerprint density at radius 1 is 0.821 bits per heavy atom. The van der Waals surface area contributed by atoms with E-state index >= 15 is 0 Å². The molecular formula is C20H34N6S2. The Morgan fingerprint density at radius 3 is 1.29 bits per heavy atom. The van der Waals surface area contributed by atoms with E-state index in [0.29, 0.717) is 0 Å². The first-order chi connectivity index (χ1) is 13.3. The number of isothiocyanates is 2. The molecule has 0 saturated heterocycles. The number of thiocarbonyl (C=S) groups is 2. The molecule has 8 heteroatoms. The van der Waals surface area contributed by atoms with E-state index in [0.717, 1.165) is 13.1 Å². The number of aromatic nitrogens is 4. The number of aryl methyl sites for hydroxylation is 4. The topological polar surface area (TPSA) is 62.2 Å². The molecule has 0 atom stereocenters. The van der Waals surface area contributed by atoms with Gasteiger partial charge in [0, 0.05) is 13.8 Å². The minimum Gasteiger partial charge on any atom is -0.753 e. The van der Waals surface area contributed by atoms with E-state index in [2.05, 4.69) is 109 Å². The Bertz CT molecular complexity index is 659. The van der Waals surface area contributed by atoms with Gasteiger partial charge in [0.15, 0.2) is 0 Å². The summed E-state index contributed by atoms with van der Waals surface area (Å²) in [7, 11) is 4.16. The lowest BCUT2D eigenvalue weighted by atomic mass is 10.3. The second kappa shape index (κ2) is 18.4. The highest BCUT2D eigenvalue weighted by Crippen LogP contribution is 1.97. The van der Waals surface area contributed by atoms with Crippen molar-refractivity contribution in [1.82, 2.24) is 9.13 Å². The van der Waals surface area contributed by atoms with Crippen LogP contribution in [0.15, 0.2) is 24.8 Å². The summed E-state index contributed by atoms with van der Waals surface area (Å²) in [6.45, 7) is 11.1. The molecule has 0 N–H and O–H groups in total. The first-order valence-corrected chi connectivity index (χ1v) is 10.2. The van der Waals surface area contributed by atoms with E-state index in [9.17, 15) is 0 Å². The molecular weight excluding hydrogens is 388 g/mol. The van der Waals surface area contributed by atoms with Crippen LogP contribution in [0.25, 0.3) is 10.8 Å². The minimum atomic E-state index is 1.16. The van der Waals surface area contributed by atoms with Crippen molar-refractivity contribution in [1.29, 1.82) is 0 Å². The van der Waals surface area contributed by atoms with Gasteiger partial charge in [0.1, 0.15) is 24.8 Å². The molecule has 0 bridgehead atoms. The molecule has 2 heterocycles.